The number of carbonyl (C=O) groups excluding carboxylic acids is 1. The number of benzene rings is 2. The third kappa shape index (κ3) is 3.89. The van der Waals surface area contributed by atoms with Crippen molar-refractivity contribution in [2.24, 2.45) is 0 Å². The maximum absolute atomic E-state index is 13.0. The second kappa shape index (κ2) is 8.85. The predicted molar refractivity (Wildman–Crippen MR) is 127 cm³/mol. The number of nitrogens with zero attached hydrogens (tertiary/aromatic N) is 3. The normalized spacial score (nSPS) is 17.4. The van der Waals surface area contributed by atoms with Gasteiger partial charge in [0.25, 0.3) is 5.89 Å². The van der Waals surface area contributed by atoms with Crippen LogP contribution < -0.4 is 14.8 Å². The molecule has 0 bridgehead atoms. The largest absolute Gasteiger partial charge is 0.454 e. The first kappa shape index (κ1) is 22.0. The zero-order valence-electron chi connectivity index (χ0n) is 19.8. The van der Waals surface area contributed by atoms with Gasteiger partial charge < -0.3 is 19.3 Å². The predicted octanol–water partition coefficient (Wildman–Crippen LogP) is 5.38. The summed E-state index contributed by atoms with van der Waals surface area (Å²) >= 11 is 0. The SMILES string of the molecule is CCCCN1C(=O)NC(c2ccc(C)c(C)c2)C(c2nc(-c3ccc4c(c3)OCO4)no2)=C1C. The van der Waals surface area contributed by atoms with E-state index >= 15 is 0 Å². The molecule has 1 atom stereocenters. The van der Waals surface area contributed by atoms with Crippen LogP contribution in [0.2, 0.25) is 0 Å². The molecule has 0 saturated heterocycles. The molecule has 1 N–H and O–H groups in total. The Morgan fingerprint density at radius 2 is 1.88 bits per heavy atom. The number of hydrogen-bond acceptors (Lipinski definition) is 6. The molecule has 0 radical (unpaired) electrons. The summed E-state index contributed by atoms with van der Waals surface area (Å²) in [6.45, 7) is 9.02. The van der Waals surface area contributed by atoms with Gasteiger partial charge in [0, 0.05) is 17.8 Å². The van der Waals surface area contributed by atoms with E-state index in [4.69, 9.17) is 19.0 Å². The molecule has 5 rings (SSSR count). The van der Waals surface area contributed by atoms with Crippen LogP contribution in [0.15, 0.2) is 46.6 Å². The van der Waals surface area contributed by atoms with Crippen LogP contribution in [0.3, 0.4) is 0 Å². The van der Waals surface area contributed by atoms with Gasteiger partial charge in [-0.3, -0.25) is 4.90 Å². The van der Waals surface area contributed by atoms with Gasteiger partial charge in [0.05, 0.1) is 11.6 Å². The minimum Gasteiger partial charge on any atom is -0.454 e. The summed E-state index contributed by atoms with van der Waals surface area (Å²) in [5.74, 6) is 2.18. The van der Waals surface area contributed by atoms with Crippen molar-refractivity contribution >= 4 is 11.6 Å². The van der Waals surface area contributed by atoms with Crippen molar-refractivity contribution in [2.45, 2.75) is 46.6 Å². The molecule has 2 aromatic carbocycles. The van der Waals surface area contributed by atoms with Crippen LogP contribution in [0, 0.1) is 13.8 Å². The topological polar surface area (TPSA) is 89.7 Å². The summed E-state index contributed by atoms with van der Waals surface area (Å²) < 4.78 is 16.7. The molecule has 34 heavy (non-hydrogen) atoms. The lowest BCUT2D eigenvalue weighted by atomic mass is 9.92. The van der Waals surface area contributed by atoms with E-state index in [1.54, 1.807) is 4.90 Å². The zero-order chi connectivity index (χ0) is 23.8. The smallest absolute Gasteiger partial charge is 0.322 e. The van der Waals surface area contributed by atoms with Crippen molar-refractivity contribution in [3.8, 4) is 22.9 Å². The van der Waals surface area contributed by atoms with E-state index in [1.165, 1.54) is 5.56 Å². The van der Waals surface area contributed by atoms with Crippen LogP contribution in [-0.2, 0) is 0 Å². The van der Waals surface area contributed by atoms with Crippen molar-refractivity contribution in [3.05, 3.63) is 64.7 Å². The second-order valence-electron chi connectivity index (χ2n) is 8.72. The Balaban J connectivity index is 1.58. The molecule has 3 aromatic rings. The molecular weight excluding hydrogens is 432 g/mol. The number of unbranched alkanes of at least 4 members (excludes halogenated alkanes) is 1. The lowest BCUT2D eigenvalue weighted by Crippen LogP contribution is -2.46. The molecule has 3 heterocycles. The molecule has 2 amide bonds. The number of allylic oxidation sites excluding steroid dienone is 1. The average molecular weight is 461 g/mol. The fraction of sp³-hybridized carbons (Fsp3) is 0.346. The first-order valence-corrected chi connectivity index (χ1v) is 11.6. The number of amides is 2. The van der Waals surface area contributed by atoms with Crippen LogP contribution in [0.5, 0.6) is 11.5 Å². The van der Waals surface area contributed by atoms with E-state index in [-0.39, 0.29) is 12.8 Å². The summed E-state index contributed by atoms with van der Waals surface area (Å²) in [5, 5.41) is 7.40. The Hall–Kier alpha value is -3.81. The number of aromatic nitrogens is 2. The van der Waals surface area contributed by atoms with E-state index in [2.05, 4.69) is 43.4 Å². The molecule has 0 spiro atoms. The first-order valence-electron chi connectivity index (χ1n) is 11.6. The highest BCUT2D eigenvalue weighted by atomic mass is 16.7. The molecule has 0 fully saturated rings. The van der Waals surface area contributed by atoms with E-state index < -0.39 is 6.04 Å². The van der Waals surface area contributed by atoms with E-state index in [9.17, 15) is 4.79 Å². The molecule has 2 aliphatic heterocycles. The second-order valence-corrected chi connectivity index (χ2v) is 8.72. The van der Waals surface area contributed by atoms with Crippen molar-refractivity contribution in [3.63, 3.8) is 0 Å². The summed E-state index contributed by atoms with van der Waals surface area (Å²) in [7, 11) is 0. The van der Waals surface area contributed by atoms with Crippen LogP contribution in [0.25, 0.3) is 17.0 Å². The van der Waals surface area contributed by atoms with Gasteiger partial charge in [-0.25, -0.2) is 4.79 Å². The Labute approximate surface area is 198 Å². The van der Waals surface area contributed by atoms with Gasteiger partial charge in [-0.1, -0.05) is 36.7 Å². The number of ether oxygens (including phenoxy) is 2. The lowest BCUT2D eigenvalue weighted by molar-refractivity contribution is 0.174. The number of rotatable bonds is 6. The average Bonchev–Trinajstić information content (AvgIpc) is 3.49. The number of aryl methyl sites for hydroxylation is 2. The van der Waals surface area contributed by atoms with Crippen LogP contribution in [-0.4, -0.2) is 34.4 Å². The standard InChI is InChI=1S/C26H28N4O4/c1-5-6-11-30-17(4)22(23(27-26(30)31)18-8-7-15(2)16(3)12-18)25-28-24(29-34-25)19-9-10-20-21(13-19)33-14-32-20/h7-10,12-13,23H,5-6,11,14H2,1-4H3,(H,27,31). The maximum Gasteiger partial charge on any atom is 0.322 e. The van der Waals surface area contributed by atoms with Gasteiger partial charge in [0.1, 0.15) is 0 Å². The Bertz CT molecular complexity index is 1280. The van der Waals surface area contributed by atoms with Crippen molar-refractivity contribution in [1.82, 2.24) is 20.4 Å². The van der Waals surface area contributed by atoms with Gasteiger partial charge in [-0.2, -0.15) is 4.98 Å². The van der Waals surface area contributed by atoms with Gasteiger partial charge in [-0.15, -0.1) is 0 Å². The number of hydrogen-bond donors (Lipinski definition) is 1. The minimum atomic E-state index is -0.394. The molecule has 0 saturated carbocycles. The number of urea groups is 1. The van der Waals surface area contributed by atoms with E-state index in [0.717, 1.165) is 40.8 Å². The Morgan fingerprint density at radius 1 is 1.06 bits per heavy atom. The Morgan fingerprint density at radius 3 is 2.68 bits per heavy atom. The zero-order valence-corrected chi connectivity index (χ0v) is 19.8. The molecule has 0 aliphatic carbocycles. The number of fused-ring (bicyclic) bond motifs is 1. The summed E-state index contributed by atoms with van der Waals surface area (Å²) in [6.07, 6.45) is 1.89. The molecule has 2 aliphatic rings. The van der Waals surface area contributed by atoms with E-state index in [1.807, 2.05) is 31.2 Å². The maximum atomic E-state index is 13.0. The third-order valence-corrected chi connectivity index (χ3v) is 6.48. The highest BCUT2D eigenvalue weighted by Crippen LogP contribution is 2.39. The van der Waals surface area contributed by atoms with Crippen molar-refractivity contribution in [2.75, 3.05) is 13.3 Å². The molecule has 8 heteroatoms. The van der Waals surface area contributed by atoms with Crippen LogP contribution in [0.1, 0.15) is 55.3 Å². The monoisotopic (exact) mass is 460 g/mol. The highest BCUT2D eigenvalue weighted by Gasteiger charge is 2.35. The van der Waals surface area contributed by atoms with Crippen LogP contribution >= 0.6 is 0 Å². The molecular formula is C26H28N4O4. The van der Waals surface area contributed by atoms with Gasteiger partial charge in [0.2, 0.25) is 12.6 Å². The summed E-state index contributed by atoms with van der Waals surface area (Å²) in [5.41, 5.74) is 5.72. The first-order chi connectivity index (χ1) is 16.5. The van der Waals surface area contributed by atoms with Crippen molar-refractivity contribution < 1.29 is 18.8 Å². The Kier molecular flexibility index (Phi) is 5.73. The summed E-state index contributed by atoms with van der Waals surface area (Å²) in [6, 6.07) is 11.3. The third-order valence-electron chi connectivity index (χ3n) is 6.48. The summed E-state index contributed by atoms with van der Waals surface area (Å²) in [4.78, 5) is 19.5. The van der Waals surface area contributed by atoms with Crippen LogP contribution in [0.4, 0.5) is 4.79 Å². The highest BCUT2D eigenvalue weighted by molar-refractivity contribution is 5.87. The molecule has 8 nitrogen and oxygen atoms in total. The number of nitrogens with one attached hydrogen (secondary N) is 1. The molecule has 1 unspecified atom stereocenters. The number of carbonyl (C=O) groups is 1. The molecule has 176 valence electrons. The fourth-order valence-electron chi connectivity index (χ4n) is 4.32. The fourth-order valence-corrected chi connectivity index (χ4v) is 4.32. The quantitative estimate of drug-likeness (QED) is 0.531. The van der Waals surface area contributed by atoms with E-state index in [0.29, 0.717) is 29.8 Å². The molecule has 1 aromatic heterocycles. The van der Waals surface area contributed by atoms with Gasteiger partial charge in [0.15, 0.2) is 11.5 Å². The van der Waals surface area contributed by atoms with Gasteiger partial charge >= 0.3 is 6.03 Å². The lowest BCUT2D eigenvalue weighted by Gasteiger charge is -2.35. The van der Waals surface area contributed by atoms with Gasteiger partial charge in [-0.05, 0) is 62.1 Å². The minimum absolute atomic E-state index is 0.117. The van der Waals surface area contributed by atoms with Crippen molar-refractivity contribution in [1.29, 1.82) is 0 Å².